The van der Waals surface area contributed by atoms with Crippen LogP contribution in [-0.4, -0.2) is 19.6 Å². The van der Waals surface area contributed by atoms with Crippen LogP contribution >= 0.6 is 0 Å². The van der Waals surface area contributed by atoms with Crippen molar-refractivity contribution in [1.29, 1.82) is 0 Å². The van der Waals surface area contributed by atoms with Crippen molar-refractivity contribution >= 4 is 11.0 Å². The summed E-state index contributed by atoms with van der Waals surface area (Å²) in [7, 11) is 0. The molecule has 0 fully saturated rings. The summed E-state index contributed by atoms with van der Waals surface area (Å²) < 4.78 is 11.3. The summed E-state index contributed by atoms with van der Waals surface area (Å²) in [4.78, 5) is 10.6. The molecule has 5 heteroatoms. The summed E-state index contributed by atoms with van der Waals surface area (Å²) in [5.74, 6) is 0.411. The normalized spacial score (nSPS) is 12.1. The summed E-state index contributed by atoms with van der Waals surface area (Å²) in [6.07, 6.45) is 1.91. The van der Waals surface area contributed by atoms with E-state index in [9.17, 15) is 5.11 Å². The Morgan fingerprint density at radius 1 is 0.530 bits per heavy atom. The van der Waals surface area contributed by atoms with Crippen molar-refractivity contribution in [2.24, 2.45) is 0 Å². The summed E-state index contributed by atoms with van der Waals surface area (Å²) in [6, 6.07) is 57.8. The van der Waals surface area contributed by atoms with E-state index in [4.69, 9.17) is 11.3 Å². The SMILES string of the molecule is [2H]C(C)(C)c1ccc(-n2c(-c3cc(C(C)C)cc(C(C)C)c3O)nc3c(-c4cc(-c5cc(-c6ccc(-c7ccccc7)cc6)ccn5)cc(C(C)(C)C)c4)cccc32)c(-c2ccccc2)c1.[Pt]. The van der Waals surface area contributed by atoms with Crippen LogP contribution in [0, 0.1) is 0 Å². The molecule has 334 valence electrons. The van der Waals surface area contributed by atoms with E-state index in [0.29, 0.717) is 11.4 Å². The van der Waals surface area contributed by atoms with Crippen LogP contribution in [0.1, 0.15) is 104 Å². The van der Waals surface area contributed by atoms with Gasteiger partial charge in [0.15, 0.2) is 0 Å². The number of para-hydroxylation sites is 1. The quantitative estimate of drug-likeness (QED) is 0.148. The van der Waals surface area contributed by atoms with Gasteiger partial charge in [0.25, 0.3) is 0 Å². The zero-order valence-electron chi connectivity index (χ0n) is 40.4. The van der Waals surface area contributed by atoms with Gasteiger partial charge in [-0.05, 0) is 127 Å². The van der Waals surface area contributed by atoms with Crippen molar-refractivity contribution < 1.29 is 27.5 Å². The first-order valence-corrected chi connectivity index (χ1v) is 22.9. The van der Waals surface area contributed by atoms with Crippen LogP contribution in [0.5, 0.6) is 5.75 Å². The Morgan fingerprint density at radius 2 is 1.15 bits per heavy atom. The molecule has 2 aromatic heterocycles. The monoisotopic (exact) mass is 1050 g/mol. The fourth-order valence-corrected chi connectivity index (χ4v) is 8.89. The maximum absolute atomic E-state index is 12.3. The average molecular weight is 1050 g/mol. The number of fused-ring (bicyclic) bond motifs is 1. The van der Waals surface area contributed by atoms with Crippen LogP contribution in [0.25, 0.3) is 83.9 Å². The molecule has 0 bridgehead atoms. The molecule has 0 aliphatic carbocycles. The molecule has 0 aliphatic heterocycles. The molecule has 0 aliphatic rings. The molecule has 9 aromatic rings. The van der Waals surface area contributed by atoms with Gasteiger partial charge in [-0.3, -0.25) is 9.55 Å². The van der Waals surface area contributed by atoms with Crippen LogP contribution in [0.4, 0.5) is 0 Å². The molecule has 0 amide bonds. The third kappa shape index (κ3) is 9.09. The van der Waals surface area contributed by atoms with Gasteiger partial charge in [0.05, 0.1) is 28.0 Å². The molecule has 0 atom stereocenters. The molecule has 0 radical (unpaired) electrons. The van der Waals surface area contributed by atoms with Crippen LogP contribution in [-0.2, 0) is 26.5 Å². The van der Waals surface area contributed by atoms with E-state index in [1.807, 2.05) is 32.2 Å². The van der Waals surface area contributed by atoms with Gasteiger partial charge in [0.1, 0.15) is 11.6 Å². The topological polar surface area (TPSA) is 50.9 Å². The molecule has 7 aromatic carbocycles. The molecule has 66 heavy (non-hydrogen) atoms. The van der Waals surface area contributed by atoms with Gasteiger partial charge >= 0.3 is 0 Å². The second kappa shape index (κ2) is 18.9. The molecule has 1 N–H and O–H groups in total. The number of nitrogens with zero attached hydrogens (tertiary/aromatic N) is 3. The first kappa shape index (κ1) is 44.8. The van der Waals surface area contributed by atoms with Crippen molar-refractivity contribution in [3.63, 3.8) is 0 Å². The van der Waals surface area contributed by atoms with Crippen molar-refractivity contribution in [1.82, 2.24) is 14.5 Å². The van der Waals surface area contributed by atoms with Gasteiger partial charge in [0.2, 0.25) is 0 Å². The van der Waals surface area contributed by atoms with Crippen LogP contribution in [0.2, 0.25) is 0 Å². The minimum absolute atomic E-state index is 0. The Labute approximate surface area is 407 Å². The van der Waals surface area contributed by atoms with Gasteiger partial charge in [-0.1, -0.05) is 178 Å². The smallest absolute Gasteiger partial charge is 0.149 e. The maximum Gasteiger partial charge on any atom is 0.149 e. The number of aromatic nitrogens is 3. The molecule has 9 rings (SSSR count). The maximum atomic E-state index is 12.3. The average Bonchev–Trinajstić information content (AvgIpc) is 3.70. The fraction of sp³-hybridized carbons (Fsp3) is 0.213. The molecule has 2 heterocycles. The van der Waals surface area contributed by atoms with Gasteiger partial charge < -0.3 is 5.11 Å². The third-order valence-electron chi connectivity index (χ3n) is 12.8. The molecule has 0 saturated carbocycles. The number of rotatable bonds is 10. The number of aromatic hydroxyl groups is 1. The molecule has 4 nitrogen and oxygen atoms in total. The second-order valence-electron chi connectivity index (χ2n) is 19.3. The van der Waals surface area contributed by atoms with Crippen molar-refractivity contribution in [3.8, 4) is 78.6 Å². The number of hydrogen-bond donors (Lipinski definition) is 1. The van der Waals surface area contributed by atoms with Crippen LogP contribution in [0.15, 0.2) is 170 Å². The minimum atomic E-state index is -0.817. The Bertz CT molecular complexity index is 3210. The molecular weight excluding hydrogens is 986 g/mol. The van der Waals surface area contributed by atoms with Crippen molar-refractivity contribution in [2.45, 2.75) is 85.5 Å². The van der Waals surface area contributed by atoms with Crippen LogP contribution < -0.4 is 0 Å². The standard InChI is InChI=1S/C61H59N3O.Pt/c1-38(2)45-27-28-56(53(34-45)44-19-14-11-15-20-44)64-57-22-16-21-51(58(57)63-60(64)54-36-47(39(3)4)35-52(40(5)6)59(54)65)48-31-49(33-50(32-48)61(7,8)9)55-37-46(29-30-62-55)43-25-23-42(24-26-43)41-17-12-10-13-18-41;/h10-40,65H,1-9H3;/i38D;. The Kier molecular flexibility index (Phi) is 12.8. The van der Waals surface area contributed by atoms with Crippen molar-refractivity contribution in [2.75, 3.05) is 0 Å². The minimum Gasteiger partial charge on any atom is -0.507 e. The van der Waals surface area contributed by atoms with E-state index in [0.717, 1.165) is 78.0 Å². The van der Waals surface area contributed by atoms with E-state index in [-0.39, 0.29) is 44.1 Å². The van der Waals surface area contributed by atoms with E-state index < -0.39 is 5.89 Å². The number of imidazole rings is 1. The summed E-state index contributed by atoms with van der Waals surface area (Å²) in [6.45, 7) is 19.3. The zero-order chi connectivity index (χ0) is 46.5. The zero-order valence-corrected chi connectivity index (χ0v) is 41.7. The first-order valence-electron chi connectivity index (χ1n) is 23.4. The Morgan fingerprint density at radius 3 is 1.79 bits per heavy atom. The predicted molar refractivity (Wildman–Crippen MR) is 274 cm³/mol. The van der Waals surface area contributed by atoms with Gasteiger partial charge in [-0.15, -0.1) is 0 Å². The predicted octanol–water partition coefficient (Wildman–Crippen LogP) is 16.8. The van der Waals surface area contributed by atoms with Crippen LogP contribution in [0.3, 0.4) is 0 Å². The van der Waals surface area contributed by atoms with E-state index in [2.05, 4.69) is 205 Å². The number of pyridine rings is 1. The van der Waals surface area contributed by atoms with E-state index in [1.165, 1.54) is 16.7 Å². The third-order valence-corrected chi connectivity index (χ3v) is 12.8. The van der Waals surface area contributed by atoms with Crippen molar-refractivity contribution in [3.05, 3.63) is 192 Å². The van der Waals surface area contributed by atoms with E-state index >= 15 is 0 Å². The largest absolute Gasteiger partial charge is 0.507 e. The first-order chi connectivity index (χ1) is 31.5. The van der Waals surface area contributed by atoms with Gasteiger partial charge in [0, 0.05) is 45.3 Å². The van der Waals surface area contributed by atoms with E-state index in [1.54, 1.807) is 0 Å². The number of phenols is 1. The Hall–Kier alpha value is -6.35. The number of phenolic OH excluding ortho intramolecular Hbond substituents is 1. The second-order valence-corrected chi connectivity index (χ2v) is 19.3. The summed E-state index contributed by atoms with van der Waals surface area (Å²) >= 11 is 0. The summed E-state index contributed by atoms with van der Waals surface area (Å²) in [5, 5.41) is 12.3. The number of benzene rings is 7. The molecule has 0 saturated heterocycles. The molecule has 0 unspecified atom stereocenters. The number of hydrogen-bond acceptors (Lipinski definition) is 3. The van der Waals surface area contributed by atoms with Gasteiger partial charge in [-0.2, -0.15) is 0 Å². The fourth-order valence-electron chi connectivity index (χ4n) is 8.89. The molecular formula is C61H59N3OPt. The molecule has 0 spiro atoms. The van der Waals surface area contributed by atoms with Gasteiger partial charge in [-0.25, -0.2) is 4.98 Å². The Balaban J connectivity index is 0.00000608. The summed E-state index contributed by atoms with van der Waals surface area (Å²) in [5.41, 5.74) is 17.9.